The number of carbonyl (C=O) groups excluding carboxylic acids is 1. The minimum absolute atomic E-state index is 0.0710. The molecule has 1 aromatic heterocycles. The summed E-state index contributed by atoms with van der Waals surface area (Å²) in [4.78, 5) is 19.0. The molecule has 5 rings (SSSR count). The van der Waals surface area contributed by atoms with Crippen LogP contribution in [0.5, 0.6) is 0 Å². The molecule has 2 fully saturated rings. The number of aromatic amines is 1. The number of para-hydroxylation sites is 1. The van der Waals surface area contributed by atoms with Gasteiger partial charge in [0.1, 0.15) is 0 Å². The van der Waals surface area contributed by atoms with Crippen LogP contribution in [0.4, 0.5) is 0 Å². The zero-order chi connectivity index (χ0) is 23.0. The van der Waals surface area contributed by atoms with Crippen molar-refractivity contribution in [3.8, 4) is 0 Å². The van der Waals surface area contributed by atoms with E-state index in [9.17, 15) is 13.2 Å². The van der Waals surface area contributed by atoms with Gasteiger partial charge in [0.25, 0.3) is 5.91 Å². The molecule has 0 saturated carbocycles. The zero-order valence-corrected chi connectivity index (χ0v) is 19.9. The second kappa shape index (κ2) is 8.95. The molecule has 2 aromatic carbocycles. The van der Waals surface area contributed by atoms with Crippen LogP contribution in [0.1, 0.15) is 59.6 Å². The Morgan fingerprint density at radius 2 is 1.67 bits per heavy atom. The predicted octanol–water partition coefficient (Wildman–Crippen LogP) is 4.67. The summed E-state index contributed by atoms with van der Waals surface area (Å²) in [7, 11) is -3.56. The number of carbonyl (C=O) groups is 1. The van der Waals surface area contributed by atoms with Crippen molar-refractivity contribution in [3.63, 3.8) is 0 Å². The number of sulfonamides is 1. The normalized spacial score (nSPS) is 18.6. The van der Waals surface area contributed by atoms with Gasteiger partial charge in [-0.2, -0.15) is 4.31 Å². The van der Waals surface area contributed by atoms with Crippen LogP contribution in [0.25, 0.3) is 10.9 Å². The first-order chi connectivity index (χ1) is 15.9. The number of hydrogen-bond acceptors (Lipinski definition) is 3. The minimum atomic E-state index is -3.56. The van der Waals surface area contributed by atoms with E-state index in [1.807, 2.05) is 24.0 Å². The van der Waals surface area contributed by atoms with Crippen molar-refractivity contribution in [1.29, 1.82) is 0 Å². The summed E-state index contributed by atoms with van der Waals surface area (Å²) >= 11 is 0. The smallest absolute Gasteiger partial charge is 0.254 e. The number of benzene rings is 2. The molecule has 2 aliphatic heterocycles. The van der Waals surface area contributed by atoms with Gasteiger partial charge in [0, 0.05) is 48.9 Å². The molecule has 1 N–H and O–H groups in total. The summed E-state index contributed by atoms with van der Waals surface area (Å²) in [5.41, 5.74) is 3.69. The highest BCUT2D eigenvalue weighted by Gasteiger charge is 2.29. The first kappa shape index (κ1) is 22.2. The van der Waals surface area contributed by atoms with E-state index in [2.05, 4.69) is 23.2 Å². The van der Waals surface area contributed by atoms with Crippen LogP contribution in [0.3, 0.4) is 0 Å². The van der Waals surface area contributed by atoms with Crippen molar-refractivity contribution in [2.45, 2.75) is 49.8 Å². The van der Waals surface area contributed by atoms with E-state index in [4.69, 9.17) is 0 Å². The SMILES string of the molecule is Cc1ccc(S(=O)(=O)N2CCCCC2)cc1C(=O)N1CCC(c2cc3ccccc3[nH]2)CC1. The Hall–Kier alpha value is -2.64. The van der Waals surface area contributed by atoms with Gasteiger partial charge in [0.05, 0.1) is 4.90 Å². The lowest BCUT2D eigenvalue weighted by atomic mass is 9.93. The number of aryl methyl sites for hydroxylation is 1. The Labute approximate surface area is 195 Å². The summed E-state index contributed by atoms with van der Waals surface area (Å²) in [6.07, 6.45) is 4.63. The maximum atomic E-state index is 13.4. The van der Waals surface area contributed by atoms with Gasteiger partial charge in [-0.1, -0.05) is 30.7 Å². The Morgan fingerprint density at radius 1 is 0.939 bits per heavy atom. The molecular weight excluding hydrogens is 434 g/mol. The van der Waals surface area contributed by atoms with E-state index in [1.54, 1.807) is 22.5 Å². The van der Waals surface area contributed by atoms with E-state index < -0.39 is 10.0 Å². The number of nitrogens with zero attached hydrogens (tertiary/aromatic N) is 2. The molecule has 3 aromatic rings. The van der Waals surface area contributed by atoms with Crippen LogP contribution in [0.15, 0.2) is 53.4 Å². The summed E-state index contributed by atoms with van der Waals surface area (Å²) in [6.45, 7) is 4.33. The Balaban J connectivity index is 1.31. The molecule has 0 atom stereocenters. The molecule has 2 aliphatic rings. The summed E-state index contributed by atoms with van der Waals surface area (Å²) in [5.74, 6) is 0.326. The summed E-state index contributed by atoms with van der Waals surface area (Å²) < 4.78 is 27.8. The molecule has 0 unspecified atom stereocenters. The third kappa shape index (κ3) is 4.32. The maximum Gasteiger partial charge on any atom is 0.254 e. The second-order valence-electron chi connectivity index (χ2n) is 9.32. The lowest BCUT2D eigenvalue weighted by Crippen LogP contribution is -2.38. The first-order valence-corrected chi connectivity index (χ1v) is 13.4. The highest BCUT2D eigenvalue weighted by Crippen LogP contribution is 2.31. The van der Waals surface area contributed by atoms with Crippen LogP contribution in [-0.2, 0) is 10.0 Å². The highest BCUT2D eigenvalue weighted by atomic mass is 32.2. The van der Waals surface area contributed by atoms with Crippen LogP contribution in [0.2, 0.25) is 0 Å². The van der Waals surface area contributed by atoms with Gasteiger partial charge in [-0.05, 0) is 67.8 Å². The molecular formula is C26H31N3O3S. The minimum Gasteiger partial charge on any atom is -0.358 e. The third-order valence-electron chi connectivity index (χ3n) is 7.17. The monoisotopic (exact) mass is 465 g/mol. The lowest BCUT2D eigenvalue weighted by molar-refractivity contribution is 0.0711. The van der Waals surface area contributed by atoms with Crippen molar-refractivity contribution >= 4 is 26.8 Å². The largest absolute Gasteiger partial charge is 0.358 e. The van der Waals surface area contributed by atoms with Crippen molar-refractivity contribution in [2.24, 2.45) is 0 Å². The van der Waals surface area contributed by atoms with E-state index in [0.717, 1.165) is 43.2 Å². The van der Waals surface area contributed by atoms with Crippen LogP contribution in [0, 0.1) is 6.92 Å². The van der Waals surface area contributed by atoms with Gasteiger partial charge in [0.2, 0.25) is 10.0 Å². The molecule has 0 radical (unpaired) electrons. The Kier molecular flexibility index (Phi) is 6.01. The molecule has 0 aliphatic carbocycles. The first-order valence-electron chi connectivity index (χ1n) is 11.9. The maximum absolute atomic E-state index is 13.4. The number of piperidine rings is 2. The molecule has 2 saturated heterocycles. The third-order valence-corrected chi connectivity index (χ3v) is 9.06. The number of nitrogens with one attached hydrogen (secondary N) is 1. The van der Waals surface area contributed by atoms with Crippen molar-refractivity contribution in [3.05, 3.63) is 65.4 Å². The molecule has 7 heteroatoms. The van der Waals surface area contributed by atoms with E-state index >= 15 is 0 Å². The average molecular weight is 466 g/mol. The van der Waals surface area contributed by atoms with Gasteiger partial charge >= 0.3 is 0 Å². The van der Waals surface area contributed by atoms with Gasteiger partial charge in [-0.15, -0.1) is 0 Å². The number of amides is 1. The Bertz CT molecular complexity index is 1230. The summed E-state index contributed by atoms with van der Waals surface area (Å²) in [5, 5.41) is 1.22. The highest BCUT2D eigenvalue weighted by molar-refractivity contribution is 7.89. The summed E-state index contributed by atoms with van der Waals surface area (Å²) in [6, 6.07) is 15.5. The molecule has 1 amide bonds. The fourth-order valence-corrected chi connectivity index (χ4v) is 6.67. The quantitative estimate of drug-likeness (QED) is 0.608. The zero-order valence-electron chi connectivity index (χ0n) is 19.1. The van der Waals surface area contributed by atoms with E-state index in [-0.39, 0.29) is 10.8 Å². The topological polar surface area (TPSA) is 73.5 Å². The average Bonchev–Trinajstić information content (AvgIpc) is 3.29. The van der Waals surface area contributed by atoms with E-state index in [1.165, 1.54) is 11.1 Å². The standard InChI is InChI=1S/C26H31N3O3S/c1-19-9-10-22(33(31,32)29-13-5-2-6-14-29)18-23(19)26(30)28-15-11-20(12-16-28)25-17-21-7-3-4-8-24(21)27-25/h3-4,7-10,17-18,20,27H,2,5-6,11-16H2,1H3. The lowest BCUT2D eigenvalue weighted by Gasteiger charge is -2.32. The predicted molar refractivity (Wildman–Crippen MR) is 130 cm³/mol. The second-order valence-corrected chi connectivity index (χ2v) is 11.3. The van der Waals surface area contributed by atoms with Crippen LogP contribution < -0.4 is 0 Å². The number of rotatable bonds is 4. The molecule has 33 heavy (non-hydrogen) atoms. The van der Waals surface area contributed by atoms with Gasteiger partial charge in [0.15, 0.2) is 0 Å². The van der Waals surface area contributed by atoms with E-state index in [0.29, 0.717) is 37.7 Å². The van der Waals surface area contributed by atoms with Crippen LogP contribution in [-0.4, -0.2) is 54.7 Å². The van der Waals surface area contributed by atoms with Gasteiger partial charge in [-0.3, -0.25) is 4.79 Å². The molecule has 0 spiro atoms. The number of likely N-dealkylation sites (tertiary alicyclic amines) is 1. The molecule has 174 valence electrons. The van der Waals surface area contributed by atoms with Crippen molar-refractivity contribution in [2.75, 3.05) is 26.2 Å². The number of aromatic nitrogens is 1. The number of H-pyrrole nitrogens is 1. The molecule has 3 heterocycles. The molecule has 0 bridgehead atoms. The van der Waals surface area contributed by atoms with Crippen molar-refractivity contribution < 1.29 is 13.2 Å². The molecule has 6 nitrogen and oxygen atoms in total. The van der Waals surface area contributed by atoms with Gasteiger partial charge < -0.3 is 9.88 Å². The van der Waals surface area contributed by atoms with Crippen molar-refractivity contribution in [1.82, 2.24) is 14.2 Å². The van der Waals surface area contributed by atoms with Gasteiger partial charge in [-0.25, -0.2) is 8.42 Å². The number of fused-ring (bicyclic) bond motifs is 1. The fraction of sp³-hybridized carbons (Fsp3) is 0.423. The Morgan fingerprint density at radius 3 is 2.39 bits per heavy atom. The van der Waals surface area contributed by atoms with Crippen LogP contribution >= 0.6 is 0 Å². The number of hydrogen-bond donors (Lipinski definition) is 1. The fourth-order valence-electron chi connectivity index (χ4n) is 5.13.